The van der Waals surface area contributed by atoms with Gasteiger partial charge >= 0.3 is 5.63 Å². The molecule has 0 radical (unpaired) electrons. The number of ether oxygens (including phenoxy) is 1. The maximum absolute atomic E-state index is 12.5. The molecule has 1 heterocycles. The van der Waals surface area contributed by atoms with Gasteiger partial charge in [-0.3, -0.25) is 14.9 Å². The molecule has 2 aromatic carbocycles. The van der Waals surface area contributed by atoms with E-state index in [1.54, 1.807) is 12.1 Å². The highest BCUT2D eigenvalue weighted by atomic mass is 16.6. The van der Waals surface area contributed by atoms with Gasteiger partial charge in [-0.1, -0.05) is 0 Å². The van der Waals surface area contributed by atoms with Crippen LogP contribution in [0.3, 0.4) is 0 Å². The summed E-state index contributed by atoms with van der Waals surface area (Å²) in [5.41, 5.74) is -0.147. The van der Waals surface area contributed by atoms with E-state index in [9.17, 15) is 19.7 Å². The van der Waals surface area contributed by atoms with E-state index in [0.717, 1.165) is 0 Å². The fourth-order valence-electron chi connectivity index (χ4n) is 2.33. The van der Waals surface area contributed by atoms with Crippen LogP contribution >= 0.6 is 0 Å². The molecular weight excluding hydrogens is 328 g/mol. The molecular formula is C17H12N2O6. The number of fused-ring (bicyclic) bond motifs is 1. The molecule has 0 bridgehead atoms. The van der Waals surface area contributed by atoms with E-state index < -0.39 is 16.5 Å². The van der Waals surface area contributed by atoms with Gasteiger partial charge in [-0.15, -0.1) is 0 Å². The smallest absolute Gasteiger partial charge is 0.336 e. The van der Waals surface area contributed by atoms with Gasteiger partial charge in [-0.2, -0.15) is 0 Å². The van der Waals surface area contributed by atoms with Crippen molar-refractivity contribution in [1.29, 1.82) is 0 Å². The van der Waals surface area contributed by atoms with E-state index in [-0.39, 0.29) is 11.3 Å². The van der Waals surface area contributed by atoms with Gasteiger partial charge in [0.1, 0.15) is 16.9 Å². The summed E-state index contributed by atoms with van der Waals surface area (Å²) in [5, 5.41) is 14.3. The summed E-state index contributed by atoms with van der Waals surface area (Å²) in [6.07, 6.45) is 0. The highest BCUT2D eigenvalue weighted by molar-refractivity contribution is 6.07. The average molecular weight is 340 g/mol. The summed E-state index contributed by atoms with van der Waals surface area (Å²) in [6.45, 7) is 0. The normalized spacial score (nSPS) is 10.4. The quantitative estimate of drug-likeness (QED) is 0.444. The minimum absolute atomic E-state index is 0.121. The number of methoxy groups -OCH3 is 1. The number of anilines is 1. The number of hydrogen-bond donors (Lipinski definition) is 1. The summed E-state index contributed by atoms with van der Waals surface area (Å²) in [4.78, 5) is 34.1. The molecule has 1 amide bonds. The molecule has 0 spiro atoms. The second kappa shape index (κ2) is 6.44. The Labute approximate surface area is 140 Å². The van der Waals surface area contributed by atoms with Crippen LogP contribution in [0.15, 0.2) is 57.7 Å². The van der Waals surface area contributed by atoms with E-state index in [1.165, 1.54) is 43.5 Å². The first-order valence-electron chi connectivity index (χ1n) is 7.15. The van der Waals surface area contributed by atoms with Gasteiger partial charge in [-0.25, -0.2) is 4.79 Å². The number of carbonyl (C=O) groups is 1. The van der Waals surface area contributed by atoms with E-state index in [0.29, 0.717) is 22.4 Å². The number of rotatable bonds is 4. The van der Waals surface area contributed by atoms with Crippen LogP contribution in [0, 0.1) is 10.1 Å². The number of nitrogens with zero attached hydrogens (tertiary/aromatic N) is 1. The van der Waals surface area contributed by atoms with Crippen molar-refractivity contribution in [2.24, 2.45) is 0 Å². The van der Waals surface area contributed by atoms with Crippen molar-refractivity contribution in [3.63, 3.8) is 0 Å². The number of amides is 1. The standard InChI is InChI=1S/C17H12N2O6/c1-24-12-4-5-14(19(22)23)13(9-12)17(21)18-11-3-6-15-10(8-11)2-7-16(20)25-15/h2-9H,1H3,(H,18,21). The lowest BCUT2D eigenvalue weighted by Gasteiger charge is -2.08. The zero-order valence-electron chi connectivity index (χ0n) is 13.0. The zero-order valence-corrected chi connectivity index (χ0v) is 13.0. The second-order valence-electron chi connectivity index (χ2n) is 5.10. The molecule has 8 heteroatoms. The first kappa shape index (κ1) is 16.2. The number of benzene rings is 2. The Balaban J connectivity index is 1.95. The van der Waals surface area contributed by atoms with E-state index in [2.05, 4.69) is 5.32 Å². The van der Waals surface area contributed by atoms with Crippen LogP contribution in [0.2, 0.25) is 0 Å². The van der Waals surface area contributed by atoms with Crippen molar-refractivity contribution >= 4 is 28.3 Å². The fourth-order valence-corrected chi connectivity index (χ4v) is 2.33. The van der Waals surface area contributed by atoms with Crippen LogP contribution in [-0.4, -0.2) is 17.9 Å². The first-order valence-corrected chi connectivity index (χ1v) is 7.15. The summed E-state index contributed by atoms with van der Waals surface area (Å²) >= 11 is 0. The molecule has 0 aliphatic carbocycles. The van der Waals surface area contributed by atoms with Crippen LogP contribution in [-0.2, 0) is 0 Å². The van der Waals surface area contributed by atoms with Crippen molar-refractivity contribution in [2.75, 3.05) is 12.4 Å². The largest absolute Gasteiger partial charge is 0.497 e. The van der Waals surface area contributed by atoms with Crippen LogP contribution in [0.25, 0.3) is 11.0 Å². The van der Waals surface area contributed by atoms with Crippen LogP contribution in [0.1, 0.15) is 10.4 Å². The maximum Gasteiger partial charge on any atom is 0.336 e. The van der Waals surface area contributed by atoms with Gasteiger partial charge in [0, 0.05) is 23.2 Å². The van der Waals surface area contributed by atoms with Crippen molar-refractivity contribution in [3.05, 3.63) is 74.6 Å². The van der Waals surface area contributed by atoms with Gasteiger partial charge in [0.25, 0.3) is 11.6 Å². The maximum atomic E-state index is 12.5. The molecule has 126 valence electrons. The molecule has 0 saturated heterocycles. The molecule has 3 rings (SSSR count). The Hall–Kier alpha value is -3.68. The van der Waals surface area contributed by atoms with Gasteiger partial charge < -0.3 is 14.5 Å². The number of nitro benzene ring substituents is 1. The Morgan fingerprint density at radius 3 is 2.68 bits per heavy atom. The van der Waals surface area contributed by atoms with Gasteiger partial charge in [0.15, 0.2) is 0 Å². The highest BCUT2D eigenvalue weighted by Crippen LogP contribution is 2.25. The molecule has 0 fully saturated rings. The van der Waals surface area contributed by atoms with E-state index in [1.807, 2.05) is 0 Å². The highest BCUT2D eigenvalue weighted by Gasteiger charge is 2.21. The van der Waals surface area contributed by atoms with Gasteiger partial charge in [-0.05, 0) is 36.4 Å². The third-order valence-corrected chi connectivity index (χ3v) is 3.52. The molecule has 0 unspecified atom stereocenters. The number of nitrogens with one attached hydrogen (secondary N) is 1. The lowest BCUT2D eigenvalue weighted by atomic mass is 10.1. The number of hydrogen-bond acceptors (Lipinski definition) is 6. The SMILES string of the molecule is COc1ccc([N+](=O)[O-])c(C(=O)Nc2ccc3oc(=O)ccc3c2)c1. The minimum Gasteiger partial charge on any atom is -0.497 e. The first-order chi connectivity index (χ1) is 12.0. The molecule has 8 nitrogen and oxygen atoms in total. The molecule has 0 atom stereocenters. The number of nitro groups is 1. The van der Waals surface area contributed by atoms with Crippen LogP contribution in [0.5, 0.6) is 5.75 Å². The predicted molar refractivity (Wildman–Crippen MR) is 90.1 cm³/mol. The molecule has 0 saturated carbocycles. The summed E-state index contributed by atoms with van der Waals surface area (Å²) in [7, 11) is 1.40. The Bertz CT molecular complexity index is 1040. The Morgan fingerprint density at radius 2 is 1.96 bits per heavy atom. The zero-order chi connectivity index (χ0) is 18.0. The molecule has 25 heavy (non-hydrogen) atoms. The summed E-state index contributed by atoms with van der Waals surface area (Å²) in [5.74, 6) is -0.321. The molecule has 0 aliphatic rings. The van der Waals surface area contributed by atoms with Crippen molar-refractivity contribution in [2.45, 2.75) is 0 Å². The van der Waals surface area contributed by atoms with E-state index >= 15 is 0 Å². The average Bonchev–Trinajstić information content (AvgIpc) is 2.61. The predicted octanol–water partition coefficient (Wildman–Crippen LogP) is 2.96. The summed E-state index contributed by atoms with van der Waals surface area (Å²) in [6, 6.07) is 11.4. The number of carbonyl (C=O) groups excluding carboxylic acids is 1. The molecule has 0 aliphatic heterocycles. The van der Waals surface area contributed by atoms with Crippen molar-refractivity contribution in [1.82, 2.24) is 0 Å². The monoisotopic (exact) mass is 340 g/mol. The molecule has 3 aromatic rings. The Kier molecular flexibility index (Phi) is 4.17. The topological polar surface area (TPSA) is 112 Å². The van der Waals surface area contributed by atoms with Crippen LogP contribution < -0.4 is 15.7 Å². The Morgan fingerprint density at radius 1 is 1.16 bits per heavy atom. The second-order valence-corrected chi connectivity index (χ2v) is 5.10. The lowest BCUT2D eigenvalue weighted by Crippen LogP contribution is -2.14. The van der Waals surface area contributed by atoms with E-state index in [4.69, 9.17) is 9.15 Å². The third-order valence-electron chi connectivity index (χ3n) is 3.52. The van der Waals surface area contributed by atoms with Gasteiger partial charge in [0.2, 0.25) is 0 Å². The van der Waals surface area contributed by atoms with Crippen LogP contribution in [0.4, 0.5) is 11.4 Å². The fraction of sp³-hybridized carbons (Fsp3) is 0.0588. The van der Waals surface area contributed by atoms with Crippen molar-refractivity contribution < 1.29 is 18.9 Å². The van der Waals surface area contributed by atoms with Gasteiger partial charge in [0.05, 0.1) is 12.0 Å². The van der Waals surface area contributed by atoms with Crippen molar-refractivity contribution in [3.8, 4) is 5.75 Å². The lowest BCUT2D eigenvalue weighted by molar-refractivity contribution is -0.385. The third kappa shape index (κ3) is 3.32. The molecule has 1 N–H and O–H groups in total. The summed E-state index contributed by atoms with van der Waals surface area (Å²) < 4.78 is 10.0. The molecule has 1 aromatic heterocycles. The minimum atomic E-state index is -0.651.